The van der Waals surface area contributed by atoms with E-state index in [1.54, 1.807) is 13.2 Å². The van der Waals surface area contributed by atoms with Crippen LogP contribution >= 0.6 is 0 Å². The molecule has 190 valence electrons. The van der Waals surface area contributed by atoms with E-state index in [1.807, 2.05) is 30.3 Å². The summed E-state index contributed by atoms with van der Waals surface area (Å²) in [7, 11) is 1.64. The molecule has 2 aliphatic rings. The lowest BCUT2D eigenvalue weighted by atomic mass is 9.85. The lowest BCUT2D eigenvalue weighted by Gasteiger charge is -2.26. The Balaban J connectivity index is 1.42. The number of anilines is 1. The van der Waals surface area contributed by atoms with Gasteiger partial charge in [-0.05, 0) is 48.6 Å². The highest BCUT2D eigenvalue weighted by Crippen LogP contribution is 2.49. The van der Waals surface area contributed by atoms with Crippen molar-refractivity contribution in [3.63, 3.8) is 0 Å². The van der Waals surface area contributed by atoms with E-state index >= 15 is 0 Å². The van der Waals surface area contributed by atoms with Crippen LogP contribution < -0.4 is 15.2 Å². The molecule has 0 radical (unpaired) electrons. The number of ether oxygens (including phenoxy) is 6. The van der Waals surface area contributed by atoms with Gasteiger partial charge in [-0.1, -0.05) is 12.1 Å². The van der Waals surface area contributed by atoms with Gasteiger partial charge >= 0.3 is 0 Å². The van der Waals surface area contributed by atoms with Gasteiger partial charge in [0.25, 0.3) is 0 Å². The molecule has 35 heavy (non-hydrogen) atoms. The average molecular weight is 486 g/mol. The molecule has 0 aromatic heterocycles. The fourth-order valence-corrected chi connectivity index (χ4v) is 4.27. The van der Waals surface area contributed by atoms with Crippen LogP contribution in [0.25, 0.3) is 5.76 Å². The fraction of sp³-hybridized carbons (Fsp3) is 0.481. The smallest absolute Gasteiger partial charge is 0.189 e. The van der Waals surface area contributed by atoms with E-state index in [4.69, 9.17) is 34.2 Å². The summed E-state index contributed by atoms with van der Waals surface area (Å²) >= 11 is 0. The average Bonchev–Trinajstić information content (AvgIpc) is 3.69. The highest BCUT2D eigenvalue weighted by Gasteiger charge is 2.37. The molecule has 1 aliphatic heterocycles. The number of benzene rings is 2. The highest BCUT2D eigenvalue weighted by molar-refractivity contribution is 5.70. The molecule has 1 unspecified atom stereocenters. The maximum atomic E-state index is 11.4. The molecule has 3 N–H and O–H groups in total. The lowest BCUT2D eigenvalue weighted by Crippen LogP contribution is -2.18. The second-order valence-corrected chi connectivity index (χ2v) is 8.69. The third-order valence-electron chi connectivity index (χ3n) is 6.11. The number of hydrogen-bond donors (Lipinski definition) is 2. The van der Waals surface area contributed by atoms with Gasteiger partial charge < -0.3 is 39.3 Å². The van der Waals surface area contributed by atoms with Crippen LogP contribution in [0.4, 0.5) is 5.69 Å². The summed E-state index contributed by atoms with van der Waals surface area (Å²) in [6.07, 6.45) is 2.24. The third-order valence-corrected chi connectivity index (χ3v) is 6.11. The number of aliphatic hydroxyl groups is 1. The summed E-state index contributed by atoms with van der Waals surface area (Å²) in [5, 5.41) is 11.4. The second-order valence-electron chi connectivity index (χ2n) is 8.69. The number of methoxy groups -OCH3 is 1. The van der Waals surface area contributed by atoms with Crippen molar-refractivity contribution in [1.29, 1.82) is 0 Å². The SMILES string of the molecule is COCCOCCOCCOc1ccc2c(c1)OCOC/C(C(c1cccc(N)c1)C1CC1)=C\2O. The van der Waals surface area contributed by atoms with Crippen molar-refractivity contribution in [1.82, 2.24) is 0 Å². The Morgan fingerprint density at radius 3 is 2.51 bits per heavy atom. The first-order valence-corrected chi connectivity index (χ1v) is 12.1. The lowest BCUT2D eigenvalue weighted by molar-refractivity contribution is 0.0175. The monoisotopic (exact) mass is 485 g/mol. The maximum Gasteiger partial charge on any atom is 0.189 e. The first kappa shape index (κ1) is 25.3. The predicted octanol–water partition coefficient (Wildman–Crippen LogP) is 4.16. The molecule has 0 spiro atoms. The fourth-order valence-electron chi connectivity index (χ4n) is 4.27. The van der Waals surface area contributed by atoms with Gasteiger partial charge in [0.05, 0.1) is 45.2 Å². The summed E-state index contributed by atoms with van der Waals surface area (Å²) in [4.78, 5) is 0. The van der Waals surface area contributed by atoms with E-state index in [0.29, 0.717) is 74.9 Å². The molecule has 1 atom stereocenters. The van der Waals surface area contributed by atoms with Crippen LogP contribution in [-0.4, -0.2) is 65.3 Å². The van der Waals surface area contributed by atoms with Crippen LogP contribution in [0, 0.1) is 5.92 Å². The van der Waals surface area contributed by atoms with E-state index in [9.17, 15) is 5.11 Å². The Bertz CT molecular complexity index is 989. The van der Waals surface area contributed by atoms with E-state index in [0.717, 1.165) is 24.0 Å². The van der Waals surface area contributed by atoms with Gasteiger partial charge in [0, 0.05) is 30.4 Å². The Labute approximate surface area is 206 Å². The maximum absolute atomic E-state index is 11.4. The minimum absolute atomic E-state index is 0.0519. The van der Waals surface area contributed by atoms with Gasteiger partial charge in [-0.3, -0.25) is 0 Å². The number of rotatable bonds is 13. The zero-order chi connectivity index (χ0) is 24.5. The molecule has 2 aromatic carbocycles. The summed E-state index contributed by atoms with van der Waals surface area (Å²) in [5.74, 6) is 1.87. The van der Waals surface area contributed by atoms with Crippen LogP contribution in [0.3, 0.4) is 0 Å². The summed E-state index contributed by atoms with van der Waals surface area (Å²) in [5.41, 5.74) is 9.37. The van der Waals surface area contributed by atoms with Crippen molar-refractivity contribution in [2.75, 3.05) is 65.9 Å². The molecule has 0 amide bonds. The van der Waals surface area contributed by atoms with Crippen LogP contribution in [-0.2, 0) is 18.9 Å². The molecule has 8 nitrogen and oxygen atoms in total. The van der Waals surface area contributed by atoms with Gasteiger partial charge in [0.1, 0.15) is 23.9 Å². The molecule has 0 saturated heterocycles. The molecule has 1 aliphatic carbocycles. The number of fused-ring (bicyclic) bond motifs is 1. The van der Waals surface area contributed by atoms with Crippen LogP contribution in [0.15, 0.2) is 48.0 Å². The quantitative estimate of drug-likeness (QED) is 0.322. The summed E-state index contributed by atoms with van der Waals surface area (Å²) in [6.45, 7) is 3.35. The van der Waals surface area contributed by atoms with Crippen molar-refractivity contribution < 1.29 is 33.5 Å². The van der Waals surface area contributed by atoms with Crippen molar-refractivity contribution in [2.24, 2.45) is 5.92 Å². The van der Waals surface area contributed by atoms with Crippen LogP contribution in [0.2, 0.25) is 0 Å². The summed E-state index contributed by atoms with van der Waals surface area (Å²) < 4.78 is 33.2. The topological polar surface area (TPSA) is 102 Å². The number of nitrogens with two attached hydrogens (primary N) is 1. The van der Waals surface area contributed by atoms with Crippen LogP contribution in [0.1, 0.15) is 29.9 Å². The Kier molecular flexibility index (Phi) is 9.25. The van der Waals surface area contributed by atoms with Gasteiger partial charge in [-0.15, -0.1) is 0 Å². The molecule has 1 heterocycles. The highest BCUT2D eigenvalue weighted by atomic mass is 16.7. The molecular formula is C27H35NO7. The first-order chi connectivity index (χ1) is 17.2. The molecule has 0 bridgehead atoms. The standard InChI is InChI=1S/C27H35NO7/c1-30-9-10-31-11-12-32-13-14-34-22-7-8-23-25(16-22)35-18-33-17-24(27(23)29)26(19-5-6-19)20-3-2-4-21(28)15-20/h2-4,7-8,15-16,19,26,29H,5-6,9-14,17-18,28H2,1H3/b27-24-. The Morgan fingerprint density at radius 1 is 1.00 bits per heavy atom. The zero-order valence-corrected chi connectivity index (χ0v) is 20.2. The molecule has 4 rings (SSSR count). The third kappa shape index (κ3) is 7.11. The first-order valence-electron chi connectivity index (χ1n) is 12.1. The van der Waals surface area contributed by atoms with E-state index in [2.05, 4.69) is 6.07 Å². The minimum Gasteiger partial charge on any atom is -0.507 e. The van der Waals surface area contributed by atoms with Gasteiger partial charge in [-0.2, -0.15) is 0 Å². The zero-order valence-electron chi connectivity index (χ0n) is 20.2. The van der Waals surface area contributed by atoms with Gasteiger partial charge in [0.15, 0.2) is 6.79 Å². The number of aliphatic hydroxyl groups excluding tert-OH is 1. The Morgan fingerprint density at radius 2 is 1.77 bits per heavy atom. The number of nitrogen functional groups attached to an aromatic ring is 1. The molecular weight excluding hydrogens is 450 g/mol. The molecule has 1 fully saturated rings. The van der Waals surface area contributed by atoms with Gasteiger partial charge in [-0.25, -0.2) is 0 Å². The van der Waals surface area contributed by atoms with E-state index < -0.39 is 0 Å². The predicted molar refractivity (Wildman–Crippen MR) is 133 cm³/mol. The van der Waals surface area contributed by atoms with Crippen molar-refractivity contribution >= 4 is 11.4 Å². The van der Waals surface area contributed by atoms with Crippen molar-refractivity contribution in [2.45, 2.75) is 18.8 Å². The van der Waals surface area contributed by atoms with Crippen molar-refractivity contribution in [3.05, 3.63) is 59.2 Å². The molecule has 8 heteroatoms. The van der Waals surface area contributed by atoms with Crippen LogP contribution in [0.5, 0.6) is 11.5 Å². The second kappa shape index (κ2) is 12.8. The minimum atomic E-state index is 0.0519. The molecule has 2 aromatic rings. The Hall–Kier alpha value is -2.78. The van der Waals surface area contributed by atoms with E-state index in [1.165, 1.54) is 0 Å². The largest absolute Gasteiger partial charge is 0.507 e. The normalized spacial score (nSPS) is 18.8. The van der Waals surface area contributed by atoms with Crippen molar-refractivity contribution in [3.8, 4) is 11.5 Å². The van der Waals surface area contributed by atoms with Gasteiger partial charge in [0.2, 0.25) is 0 Å². The van der Waals surface area contributed by atoms with E-state index in [-0.39, 0.29) is 18.5 Å². The number of hydrogen-bond acceptors (Lipinski definition) is 8. The molecule has 1 saturated carbocycles. The summed E-state index contributed by atoms with van der Waals surface area (Å²) in [6, 6.07) is 13.3.